The lowest BCUT2D eigenvalue weighted by molar-refractivity contribution is -0.128. The lowest BCUT2D eigenvalue weighted by Crippen LogP contribution is -2.44. The van der Waals surface area contributed by atoms with Crippen LogP contribution < -0.4 is 10.6 Å². The van der Waals surface area contributed by atoms with Crippen LogP contribution in [0.2, 0.25) is 0 Å². The molecule has 0 spiro atoms. The van der Waals surface area contributed by atoms with Gasteiger partial charge in [0.15, 0.2) is 0 Å². The molecule has 4 heteroatoms. The van der Waals surface area contributed by atoms with Crippen LogP contribution in [0.5, 0.6) is 0 Å². The molecule has 0 radical (unpaired) electrons. The predicted molar refractivity (Wildman–Crippen MR) is 66.4 cm³/mol. The van der Waals surface area contributed by atoms with Crippen LogP contribution in [-0.2, 0) is 4.79 Å². The molecule has 0 aromatic carbocycles. The summed E-state index contributed by atoms with van der Waals surface area (Å²) in [6, 6.07) is 1.07. The van der Waals surface area contributed by atoms with E-state index >= 15 is 0 Å². The summed E-state index contributed by atoms with van der Waals surface area (Å²) >= 11 is 0. The lowest BCUT2D eigenvalue weighted by Gasteiger charge is -2.27. The summed E-state index contributed by atoms with van der Waals surface area (Å²) in [5.74, 6) is 0.221. The minimum Gasteiger partial charge on any atom is -0.349 e. The molecule has 1 aliphatic rings. The molecular weight excluding hydrogens is 202 g/mol. The largest absolute Gasteiger partial charge is 0.349 e. The molecule has 16 heavy (non-hydrogen) atoms. The Morgan fingerprint density at radius 1 is 1.44 bits per heavy atom. The van der Waals surface area contributed by atoms with Crippen molar-refractivity contribution in [2.24, 2.45) is 0 Å². The van der Waals surface area contributed by atoms with E-state index in [0.29, 0.717) is 18.5 Å². The first-order chi connectivity index (χ1) is 7.59. The van der Waals surface area contributed by atoms with Crippen molar-refractivity contribution in [1.82, 2.24) is 15.5 Å². The fraction of sp³-hybridized carbons (Fsp3) is 0.917. The highest BCUT2D eigenvalue weighted by molar-refractivity contribution is 5.75. The molecule has 0 aliphatic carbocycles. The number of hydrogen-bond acceptors (Lipinski definition) is 3. The fourth-order valence-electron chi connectivity index (χ4n) is 2.04. The fourth-order valence-corrected chi connectivity index (χ4v) is 2.04. The van der Waals surface area contributed by atoms with Crippen LogP contribution in [0, 0.1) is 0 Å². The molecule has 1 atom stereocenters. The number of amides is 1. The Balaban J connectivity index is 2.14. The van der Waals surface area contributed by atoms with Crippen molar-refractivity contribution >= 4 is 5.91 Å². The summed E-state index contributed by atoms with van der Waals surface area (Å²) in [6.45, 7) is 4.40. The van der Waals surface area contributed by atoms with Crippen molar-refractivity contribution < 1.29 is 4.79 Å². The van der Waals surface area contributed by atoms with Gasteiger partial charge in [-0.3, -0.25) is 4.79 Å². The minimum absolute atomic E-state index is 0.221. The highest BCUT2D eigenvalue weighted by Gasteiger charge is 2.15. The van der Waals surface area contributed by atoms with E-state index in [9.17, 15) is 4.79 Å². The van der Waals surface area contributed by atoms with Crippen molar-refractivity contribution in [1.29, 1.82) is 0 Å². The maximum atomic E-state index is 11.4. The van der Waals surface area contributed by atoms with Crippen molar-refractivity contribution in [3.05, 3.63) is 0 Å². The van der Waals surface area contributed by atoms with Gasteiger partial charge in [0.2, 0.25) is 5.91 Å². The second-order valence-corrected chi connectivity index (χ2v) is 4.92. The number of carbonyl (C=O) groups excluding carboxylic acids is 1. The van der Waals surface area contributed by atoms with Crippen molar-refractivity contribution in [3.8, 4) is 0 Å². The van der Waals surface area contributed by atoms with Gasteiger partial charge in [-0.25, -0.2) is 0 Å². The third-order valence-corrected chi connectivity index (χ3v) is 3.15. The average Bonchev–Trinajstić information content (AvgIpc) is 2.27. The van der Waals surface area contributed by atoms with Gasteiger partial charge in [0.1, 0.15) is 0 Å². The summed E-state index contributed by atoms with van der Waals surface area (Å²) in [7, 11) is 3.63. The number of rotatable bonds is 5. The molecule has 1 saturated heterocycles. The van der Waals surface area contributed by atoms with E-state index in [4.69, 9.17) is 0 Å². The minimum atomic E-state index is 0.221. The van der Waals surface area contributed by atoms with Gasteiger partial charge in [0, 0.05) is 32.6 Å². The van der Waals surface area contributed by atoms with Gasteiger partial charge in [-0.1, -0.05) is 0 Å². The van der Waals surface area contributed by atoms with Gasteiger partial charge in [0.05, 0.1) is 0 Å². The molecule has 2 N–H and O–H groups in total. The van der Waals surface area contributed by atoms with Crippen molar-refractivity contribution in [2.45, 2.75) is 44.7 Å². The Morgan fingerprint density at radius 3 is 2.62 bits per heavy atom. The Bertz CT molecular complexity index is 212. The second kappa shape index (κ2) is 6.86. The first-order valence-electron chi connectivity index (χ1n) is 6.26. The Morgan fingerprint density at radius 2 is 2.06 bits per heavy atom. The molecular formula is C12H25N3O. The van der Waals surface area contributed by atoms with E-state index < -0.39 is 0 Å². The second-order valence-electron chi connectivity index (χ2n) is 4.92. The quantitative estimate of drug-likeness (QED) is 0.722. The van der Waals surface area contributed by atoms with Gasteiger partial charge in [-0.05, 0) is 39.3 Å². The van der Waals surface area contributed by atoms with Gasteiger partial charge >= 0.3 is 0 Å². The highest BCUT2D eigenvalue weighted by Crippen LogP contribution is 2.06. The molecule has 1 heterocycles. The van der Waals surface area contributed by atoms with Crippen LogP contribution in [0.15, 0.2) is 0 Å². The average molecular weight is 227 g/mol. The van der Waals surface area contributed by atoms with Crippen LogP contribution >= 0.6 is 0 Å². The van der Waals surface area contributed by atoms with Crippen LogP contribution in [0.4, 0.5) is 0 Å². The third-order valence-electron chi connectivity index (χ3n) is 3.15. The molecule has 0 bridgehead atoms. The number of carbonyl (C=O) groups is 1. The predicted octanol–water partition coefficient (Wildman–Crippen LogP) is 0.585. The van der Waals surface area contributed by atoms with Crippen molar-refractivity contribution in [3.63, 3.8) is 0 Å². The number of nitrogens with one attached hydrogen (secondary N) is 2. The van der Waals surface area contributed by atoms with Gasteiger partial charge in [0.25, 0.3) is 0 Å². The SMILES string of the molecule is CC(CCC(=O)N(C)C)NC1CCNCC1. The van der Waals surface area contributed by atoms with Crippen LogP contribution in [0.1, 0.15) is 32.6 Å². The van der Waals surface area contributed by atoms with E-state index in [-0.39, 0.29) is 5.91 Å². The number of nitrogens with zero attached hydrogens (tertiary/aromatic N) is 1. The van der Waals surface area contributed by atoms with Gasteiger partial charge < -0.3 is 15.5 Å². The van der Waals surface area contributed by atoms with Crippen molar-refractivity contribution in [2.75, 3.05) is 27.2 Å². The zero-order chi connectivity index (χ0) is 12.0. The molecule has 1 aliphatic heterocycles. The summed E-state index contributed by atoms with van der Waals surface area (Å²) in [4.78, 5) is 13.1. The van der Waals surface area contributed by atoms with Crippen LogP contribution in [0.3, 0.4) is 0 Å². The van der Waals surface area contributed by atoms with Gasteiger partial charge in [-0.2, -0.15) is 0 Å². The Labute approximate surface area is 98.8 Å². The van der Waals surface area contributed by atoms with E-state index in [2.05, 4.69) is 17.6 Å². The molecule has 1 rings (SSSR count). The summed E-state index contributed by atoms with van der Waals surface area (Å²) in [6.07, 6.45) is 3.98. The maximum absolute atomic E-state index is 11.4. The summed E-state index contributed by atoms with van der Waals surface area (Å²) in [5.41, 5.74) is 0. The third kappa shape index (κ3) is 4.94. The van der Waals surface area contributed by atoms with E-state index in [1.165, 1.54) is 12.8 Å². The normalized spacial score (nSPS) is 19.4. The van der Waals surface area contributed by atoms with Crippen LogP contribution in [0.25, 0.3) is 0 Å². The van der Waals surface area contributed by atoms with Crippen LogP contribution in [-0.4, -0.2) is 50.1 Å². The van der Waals surface area contributed by atoms with E-state index in [1.54, 1.807) is 4.90 Å². The molecule has 1 fully saturated rings. The molecule has 0 saturated carbocycles. The Kier molecular flexibility index (Phi) is 5.77. The zero-order valence-electron chi connectivity index (χ0n) is 10.8. The standard InChI is InChI=1S/C12H25N3O/c1-10(4-5-12(16)15(2)3)14-11-6-8-13-9-7-11/h10-11,13-14H,4-9H2,1-3H3. The first kappa shape index (κ1) is 13.5. The Hall–Kier alpha value is -0.610. The summed E-state index contributed by atoms with van der Waals surface area (Å²) in [5, 5.41) is 6.95. The number of piperidine rings is 1. The lowest BCUT2D eigenvalue weighted by atomic mass is 10.0. The molecule has 0 aromatic heterocycles. The number of hydrogen-bond donors (Lipinski definition) is 2. The highest BCUT2D eigenvalue weighted by atomic mass is 16.2. The molecule has 1 amide bonds. The molecule has 0 aromatic rings. The first-order valence-corrected chi connectivity index (χ1v) is 6.26. The smallest absolute Gasteiger partial charge is 0.222 e. The molecule has 4 nitrogen and oxygen atoms in total. The topological polar surface area (TPSA) is 44.4 Å². The monoisotopic (exact) mass is 227 g/mol. The van der Waals surface area contributed by atoms with E-state index in [1.807, 2.05) is 14.1 Å². The van der Waals surface area contributed by atoms with Gasteiger partial charge in [-0.15, -0.1) is 0 Å². The summed E-state index contributed by atoms with van der Waals surface area (Å²) < 4.78 is 0. The zero-order valence-corrected chi connectivity index (χ0v) is 10.8. The maximum Gasteiger partial charge on any atom is 0.222 e. The van der Waals surface area contributed by atoms with E-state index in [0.717, 1.165) is 19.5 Å². The molecule has 94 valence electrons. The molecule has 1 unspecified atom stereocenters.